The van der Waals surface area contributed by atoms with Gasteiger partial charge in [0.15, 0.2) is 0 Å². The Labute approximate surface area is 240 Å². The van der Waals surface area contributed by atoms with E-state index in [9.17, 15) is 27.2 Å². The van der Waals surface area contributed by atoms with Crippen LogP contribution in [0.1, 0.15) is 35.7 Å². The number of aliphatic carboxylic acids is 1. The number of benzene rings is 2. The summed E-state index contributed by atoms with van der Waals surface area (Å²) < 4.78 is 44.9. The van der Waals surface area contributed by atoms with E-state index in [4.69, 9.17) is 9.90 Å². The number of piperidine rings is 1. The Bertz CT molecular complexity index is 1360. The standard InChI is InChI=1S/C27H30FN5O2.C2HF3O2/c1-19(34)30-23-9-3-20(4-10-23)18-33-15-12-25(13-16-33)32(2)26-17-24(11-14-29-26)31-27(35)21-5-7-22(28)8-6-21;3-2(4,5)1(6)7/h3-11,14,17,25H,12-13,15-16,18H2,1-2H3,(H,30,34)(H,29,31,35);(H,6,7). The molecular formula is C29H31F4N5O4. The van der Waals surface area contributed by atoms with Crippen molar-refractivity contribution >= 4 is 35.0 Å². The van der Waals surface area contributed by atoms with Crippen molar-refractivity contribution in [2.75, 3.05) is 35.7 Å². The molecule has 2 amide bonds. The number of hydrogen-bond acceptors (Lipinski definition) is 6. The number of carboxylic acids is 1. The number of carboxylic acid groups (broad SMARTS) is 1. The first kappa shape index (κ1) is 32.0. The number of rotatable bonds is 7. The van der Waals surface area contributed by atoms with Gasteiger partial charge in [-0.2, -0.15) is 13.2 Å². The minimum atomic E-state index is -5.08. The number of alkyl halides is 3. The van der Waals surface area contributed by atoms with E-state index in [1.54, 1.807) is 12.3 Å². The van der Waals surface area contributed by atoms with Crippen molar-refractivity contribution in [2.45, 2.75) is 38.5 Å². The lowest BCUT2D eigenvalue weighted by molar-refractivity contribution is -0.192. The molecule has 0 saturated carbocycles. The lowest BCUT2D eigenvalue weighted by Gasteiger charge is -2.37. The second kappa shape index (κ2) is 14.4. The zero-order valence-electron chi connectivity index (χ0n) is 23.0. The van der Waals surface area contributed by atoms with E-state index in [0.29, 0.717) is 17.3 Å². The zero-order chi connectivity index (χ0) is 30.9. The summed E-state index contributed by atoms with van der Waals surface area (Å²) in [5, 5.41) is 12.8. The van der Waals surface area contributed by atoms with E-state index in [2.05, 4.69) is 37.6 Å². The van der Waals surface area contributed by atoms with Crippen LogP contribution in [0.2, 0.25) is 0 Å². The Hall–Kier alpha value is -4.52. The van der Waals surface area contributed by atoms with Gasteiger partial charge >= 0.3 is 12.1 Å². The number of likely N-dealkylation sites (tertiary alicyclic amines) is 1. The summed E-state index contributed by atoms with van der Waals surface area (Å²) in [4.78, 5) is 41.7. The highest BCUT2D eigenvalue weighted by Crippen LogP contribution is 2.24. The fourth-order valence-corrected chi connectivity index (χ4v) is 4.30. The van der Waals surface area contributed by atoms with Crippen LogP contribution in [0.4, 0.5) is 34.8 Å². The largest absolute Gasteiger partial charge is 0.490 e. The van der Waals surface area contributed by atoms with Crippen molar-refractivity contribution in [1.29, 1.82) is 0 Å². The average molecular weight is 590 g/mol. The third-order valence-corrected chi connectivity index (χ3v) is 6.50. The molecule has 0 radical (unpaired) electrons. The molecule has 1 aliphatic heterocycles. The van der Waals surface area contributed by atoms with Gasteiger partial charge in [-0.1, -0.05) is 12.1 Å². The number of amides is 2. The van der Waals surface area contributed by atoms with Gasteiger partial charge in [-0.3, -0.25) is 14.5 Å². The number of aromatic nitrogens is 1. The predicted molar refractivity (Wildman–Crippen MR) is 150 cm³/mol. The minimum Gasteiger partial charge on any atom is -0.475 e. The van der Waals surface area contributed by atoms with Gasteiger partial charge in [0.1, 0.15) is 11.6 Å². The Morgan fingerprint density at radius 2 is 1.57 bits per heavy atom. The summed E-state index contributed by atoms with van der Waals surface area (Å²) in [6.07, 6.45) is -1.38. The van der Waals surface area contributed by atoms with E-state index in [1.807, 2.05) is 25.2 Å². The lowest BCUT2D eigenvalue weighted by Crippen LogP contribution is -2.43. The molecule has 4 rings (SSSR count). The van der Waals surface area contributed by atoms with Gasteiger partial charge in [0.05, 0.1) is 0 Å². The van der Waals surface area contributed by atoms with Gasteiger partial charge in [0.2, 0.25) is 5.91 Å². The second-order valence-corrected chi connectivity index (χ2v) is 9.66. The Balaban J connectivity index is 0.000000616. The van der Waals surface area contributed by atoms with E-state index in [1.165, 1.54) is 36.8 Å². The van der Waals surface area contributed by atoms with Crippen LogP contribution < -0.4 is 15.5 Å². The molecule has 42 heavy (non-hydrogen) atoms. The molecule has 1 aromatic heterocycles. The number of nitrogens with one attached hydrogen (secondary N) is 2. The topological polar surface area (TPSA) is 115 Å². The maximum atomic E-state index is 13.1. The normalized spacial score (nSPS) is 13.9. The Morgan fingerprint density at radius 1 is 0.976 bits per heavy atom. The second-order valence-electron chi connectivity index (χ2n) is 9.66. The van der Waals surface area contributed by atoms with Gasteiger partial charge in [0.25, 0.3) is 5.91 Å². The molecule has 0 bridgehead atoms. The molecule has 0 unspecified atom stereocenters. The van der Waals surface area contributed by atoms with Crippen LogP contribution in [0.15, 0.2) is 66.9 Å². The lowest BCUT2D eigenvalue weighted by atomic mass is 10.0. The maximum Gasteiger partial charge on any atom is 0.490 e. The SMILES string of the molecule is CC(=O)Nc1ccc(CN2CCC(N(C)c3cc(NC(=O)c4ccc(F)cc4)ccn3)CC2)cc1.O=C(O)C(F)(F)F. The van der Waals surface area contributed by atoms with E-state index < -0.39 is 12.1 Å². The van der Waals surface area contributed by atoms with Crippen LogP contribution in [0.3, 0.4) is 0 Å². The number of nitrogens with zero attached hydrogens (tertiary/aromatic N) is 3. The molecule has 2 heterocycles. The highest BCUT2D eigenvalue weighted by molar-refractivity contribution is 6.04. The smallest absolute Gasteiger partial charge is 0.475 e. The van der Waals surface area contributed by atoms with Crippen LogP contribution in [-0.2, 0) is 16.1 Å². The summed E-state index contributed by atoms with van der Waals surface area (Å²) in [7, 11) is 2.04. The third kappa shape index (κ3) is 9.84. The van der Waals surface area contributed by atoms with E-state index in [0.717, 1.165) is 44.0 Å². The molecule has 0 atom stereocenters. The summed E-state index contributed by atoms with van der Waals surface area (Å²) in [5.74, 6) is -2.69. The van der Waals surface area contributed by atoms with Crippen LogP contribution in [0.5, 0.6) is 0 Å². The van der Waals surface area contributed by atoms with Gasteiger partial charge in [0, 0.05) is 68.8 Å². The molecule has 1 fully saturated rings. The van der Waals surface area contributed by atoms with Crippen molar-refractivity contribution in [3.8, 4) is 0 Å². The van der Waals surface area contributed by atoms with Gasteiger partial charge in [-0.05, 0) is 60.9 Å². The zero-order valence-corrected chi connectivity index (χ0v) is 23.0. The molecule has 13 heteroatoms. The molecule has 3 aromatic rings. The van der Waals surface area contributed by atoms with Crippen LogP contribution in [0.25, 0.3) is 0 Å². The first-order valence-corrected chi connectivity index (χ1v) is 13.0. The quantitative estimate of drug-likeness (QED) is 0.326. The maximum absolute atomic E-state index is 13.1. The van der Waals surface area contributed by atoms with Crippen LogP contribution in [0, 0.1) is 5.82 Å². The number of carbonyl (C=O) groups excluding carboxylic acids is 2. The third-order valence-electron chi connectivity index (χ3n) is 6.50. The number of anilines is 3. The van der Waals surface area contributed by atoms with Crippen molar-refractivity contribution in [1.82, 2.24) is 9.88 Å². The fourth-order valence-electron chi connectivity index (χ4n) is 4.30. The van der Waals surface area contributed by atoms with Gasteiger partial charge in [-0.15, -0.1) is 0 Å². The van der Waals surface area contributed by atoms with Crippen molar-refractivity contribution in [3.63, 3.8) is 0 Å². The number of hydrogen-bond donors (Lipinski definition) is 3. The van der Waals surface area contributed by atoms with Crippen LogP contribution in [-0.4, -0.2) is 65.1 Å². The first-order chi connectivity index (χ1) is 19.8. The number of halogens is 4. The minimum absolute atomic E-state index is 0.0702. The Kier molecular flexibility index (Phi) is 11.0. The fraction of sp³-hybridized carbons (Fsp3) is 0.310. The monoisotopic (exact) mass is 589 g/mol. The molecule has 9 nitrogen and oxygen atoms in total. The van der Waals surface area contributed by atoms with Crippen molar-refractivity contribution < 1.29 is 37.1 Å². The number of carbonyl (C=O) groups is 3. The summed E-state index contributed by atoms with van der Waals surface area (Å²) in [6.45, 7) is 4.33. The molecule has 0 spiro atoms. The van der Waals surface area contributed by atoms with Crippen molar-refractivity contribution in [3.05, 3.63) is 83.8 Å². The summed E-state index contributed by atoms with van der Waals surface area (Å²) in [6, 6.07) is 17.4. The number of pyridine rings is 1. The van der Waals surface area contributed by atoms with Gasteiger partial charge in [-0.25, -0.2) is 14.2 Å². The molecule has 2 aromatic carbocycles. The van der Waals surface area contributed by atoms with Gasteiger partial charge < -0.3 is 20.6 Å². The Morgan fingerprint density at radius 3 is 2.12 bits per heavy atom. The average Bonchev–Trinajstić information content (AvgIpc) is 2.94. The molecule has 224 valence electrons. The highest BCUT2D eigenvalue weighted by Gasteiger charge is 2.38. The summed E-state index contributed by atoms with van der Waals surface area (Å²) >= 11 is 0. The first-order valence-electron chi connectivity index (χ1n) is 13.0. The molecule has 1 saturated heterocycles. The van der Waals surface area contributed by atoms with Crippen LogP contribution >= 0.6 is 0 Å². The van der Waals surface area contributed by atoms with Crippen molar-refractivity contribution in [2.24, 2.45) is 0 Å². The molecule has 0 aliphatic carbocycles. The van der Waals surface area contributed by atoms with E-state index >= 15 is 0 Å². The molecule has 1 aliphatic rings. The summed E-state index contributed by atoms with van der Waals surface area (Å²) in [5.41, 5.74) is 3.08. The van der Waals surface area contributed by atoms with E-state index in [-0.39, 0.29) is 17.6 Å². The molecular weight excluding hydrogens is 558 g/mol. The molecule has 3 N–H and O–H groups in total. The highest BCUT2D eigenvalue weighted by atomic mass is 19.4. The predicted octanol–water partition coefficient (Wildman–Crippen LogP) is 5.17.